The smallest absolute Gasteiger partial charge is 0.0568 e. The van der Waals surface area contributed by atoms with Crippen molar-refractivity contribution in [2.45, 2.75) is 130 Å². The van der Waals surface area contributed by atoms with E-state index in [0.717, 1.165) is 5.92 Å². The van der Waals surface area contributed by atoms with Gasteiger partial charge in [-0.15, -0.1) is 0 Å². The van der Waals surface area contributed by atoms with Crippen LogP contribution in [-0.2, 0) is 26.9 Å². The van der Waals surface area contributed by atoms with Gasteiger partial charge in [0.05, 0.1) is 12.4 Å². The summed E-state index contributed by atoms with van der Waals surface area (Å²) in [5.41, 5.74) is 14.2. The molecule has 1 fully saturated rings. The Morgan fingerprint density at radius 3 is 1.65 bits per heavy atom. The molecule has 0 amide bonds. The van der Waals surface area contributed by atoms with Crippen LogP contribution in [0.25, 0.3) is 22.3 Å². The molecule has 2 unspecified atom stereocenters. The van der Waals surface area contributed by atoms with E-state index in [2.05, 4.69) is 91.3 Å². The number of hydrogen-bond donors (Lipinski definition) is 0. The first-order valence-corrected chi connectivity index (χ1v) is 19.2. The van der Waals surface area contributed by atoms with E-state index in [1.807, 2.05) is 35.9 Å². The monoisotopic (exact) mass is 648 g/mol. The number of benzene rings is 2. The number of fused-ring (bicyclic) bond motifs is 2. The molecule has 6 nitrogen and oxygen atoms in total. The van der Waals surface area contributed by atoms with Crippen LogP contribution in [0, 0.1) is 6.92 Å². The fraction of sp³-hybridized carbons (Fsp3) is 0.571. The van der Waals surface area contributed by atoms with Crippen molar-refractivity contribution in [2.24, 2.45) is 14.1 Å². The fourth-order valence-corrected chi connectivity index (χ4v) is 8.44. The molecule has 1 aliphatic carbocycles. The molecule has 258 valence electrons. The molecule has 2 aromatic carbocycles. The summed E-state index contributed by atoms with van der Waals surface area (Å²) >= 11 is 0. The van der Waals surface area contributed by atoms with E-state index in [0.29, 0.717) is 12.1 Å². The molecule has 0 spiro atoms. The van der Waals surface area contributed by atoms with Crippen molar-refractivity contribution in [2.75, 3.05) is 22.9 Å². The molecule has 4 aromatic rings. The zero-order valence-corrected chi connectivity index (χ0v) is 30.9. The van der Waals surface area contributed by atoms with Crippen LogP contribution >= 0.6 is 0 Å². The van der Waals surface area contributed by atoms with Crippen LogP contribution in [0.1, 0.15) is 120 Å². The normalized spacial score (nSPS) is 17.0. The number of rotatable bonds is 11. The summed E-state index contributed by atoms with van der Waals surface area (Å²) in [6.07, 6.45) is 23.5. The van der Waals surface area contributed by atoms with E-state index < -0.39 is 0 Å². The second-order valence-corrected chi connectivity index (χ2v) is 14.7. The van der Waals surface area contributed by atoms with E-state index in [9.17, 15) is 0 Å². The molecular formula is C42H60N6. The lowest BCUT2D eigenvalue weighted by Crippen LogP contribution is -2.38. The SMILES string of the molecule is CCCC(CC)N1CCCc2cc(-c3cnn(C)c3)c(C)cc21.CCCC(CC)N1CCCc2cc(-c3cnn(C)c3)c(C3CC3)cc21. The first kappa shape index (κ1) is 34.3. The highest BCUT2D eigenvalue weighted by Gasteiger charge is 2.31. The van der Waals surface area contributed by atoms with Crippen LogP contribution in [-0.4, -0.2) is 44.7 Å². The Balaban J connectivity index is 0.000000168. The summed E-state index contributed by atoms with van der Waals surface area (Å²) < 4.78 is 3.81. The van der Waals surface area contributed by atoms with E-state index in [4.69, 9.17) is 0 Å². The minimum absolute atomic E-state index is 0.683. The van der Waals surface area contributed by atoms with Crippen molar-refractivity contribution < 1.29 is 0 Å². The lowest BCUT2D eigenvalue weighted by Gasteiger charge is -2.38. The number of anilines is 2. The molecule has 6 heteroatoms. The minimum Gasteiger partial charge on any atom is -0.368 e. The van der Waals surface area contributed by atoms with Gasteiger partial charge in [0.25, 0.3) is 0 Å². The van der Waals surface area contributed by atoms with E-state index >= 15 is 0 Å². The van der Waals surface area contributed by atoms with Crippen molar-refractivity contribution in [1.82, 2.24) is 19.6 Å². The van der Waals surface area contributed by atoms with E-state index in [1.54, 1.807) is 11.1 Å². The average Bonchev–Trinajstić information content (AvgIpc) is 3.71. The maximum Gasteiger partial charge on any atom is 0.0568 e. The molecule has 3 aliphatic rings. The highest BCUT2D eigenvalue weighted by atomic mass is 15.2. The highest BCUT2D eigenvalue weighted by Crippen LogP contribution is 2.48. The summed E-state index contributed by atoms with van der Waals surface area (Å²) in [7, 11) is 3.99. The maximum atomic E-state index is 4.41. The highest BCUT2D eigenvalue weighted by molar-refractivity contribution is 5.75. The summed E-state index contributed by atoms with van der Waals surface area (Å²) in [6.45, 7) is 13.9. The number of nitrogens with zero attached hydrogens (tertiary/aromatic N) is 6. The Morgan fingerprint density at radius 1 is 0.688 bits per heavy atom. The molecular weight excluding hydrogens is 589 g/mol. The largest absolute Gasteiger partial charge is 0.368 e. The molecule has 2 atom stereocenters. The zero-order chi connectivity index (χ0) is 33.8. The molecule has 0 saturated heterocycles. The molecule has 2 aromatic heterocycles. The summed E-state index contributed by atoms with van der Waals surface area (Å²) in [4.78, 5) is 5.39. The number of hydrogen-bond acceptors (Lipinski definition) is 4. The van der Waals surface area contributed by atoms with Gasteiger partial charge in [0, 0.05) is 74.2 Å². The molecule has 4 heterocycles. The van der Waals surface area contributed by atoms with E-state index in [1.165, 1.54) is 135 Å². The van der Waals surface area contributed by atoms with Crippen LogP contribution in [0.3, 0.4) is 0 Å². The van der Waals surface area contributed by atoms with Crippen molar-refractivity contribution in [3.8, 4) is 22.3 Å². The van der Waals surface area contributed by atoms with Gasteiger partial charge in [0.2, 0.25) is 0 Å². The van der Waals surface area contributed by atoms with E-state index in [-0.39, 0.29) is 0 Å². The van der Waals surface area contributed by atoms with Crippen LogP contribution in [0.4, 0.5) is 11.4 Å². The standard InChI is InChI=1S/C22H31N3.C20H29N3/c1-4-7-19(5-2)25-11-6-8-17-12-20(18-14-23-24(3)15-18)21(13-22(17)25)16-9-10-16;1-5-8-18(6-2)23-10-7-9-16-12-19(15(3)11-20(16)23)17-13-21-22(4)14-17/h12-16,19H,4-11H2,1-3H3;11-14,18H,5-10H2,1-4H3. The van der Waals surface area contributed by atoms with Gasteiger partial charge in [-0.3, -0.25) is 9.36 Å². The zero-order valence-electron chi connectivity index (χ0n) is 30.9. The lowest BCUT2D eigenvalue weighted by molar-refractivity contribution is 0.509. The molecule has 0 N–H and O–H groups in total. The van der Waals surface area contributed by atoms with Crippen molar-refractivity contribution in [1.29, 1.82) is 0 Å². The Bertz CT molecular complexity index is 1660. The van der Waals surface area contributed by atoms with Gasteiger partial charge in [-0.25, -0.2) is 0 Å². The van der Waals surface area contributed by atoms with Crippen LogP contribution < -0.4 is 9.80 Å². The summed E-state index contributed by atoms with van der Waals surface area (Å²) in [5, 5.41) is 8.75. The van der Waals surface area contributed by atoms with Crippen LogP contribution in [0.2, 0.25) is 0 Å². The maximum absolute atomic E-state index is 4.41. The van der Waals surface area contributed by atoms with Crippen molar-refractivity contribution in [3.63, 3.8) is 0 Å². The molecule has 0 bridgehead atoms. The van der Waals surface area contributed by atoms with Gasteiger partial charge in [-0.1, -0.05) is 40.5 Å². The molecule has 1 saturated carbocycles. The van der Waals surface area contributed by atoms with Gasteiger partial charge in [0.1, 0.15) is 0 Å². The minimum atomic E-state index is 0.683. The van der Waals surface area contributed by atoms with Gasteiger partial charge < -0.3 is 9.80 Å². The second kappa shape index (κ2) is 15.3. The predicted molar refractivity (Wildman–Crippen MR) is 203 cm³/mol. The Hall–Kier alpha value is -3.54. The third kappa shape index (κ3) is 7.38. The number of aromatic nitrogens is 4. The first-order chi connectivity index (χ1) is 23.3. The fourth-order valence-electron chi connectivity index (χ4n) is 8.44. The topological polar surface area (TPSA) is 42.1 Å². The second-order valence-electron chi connectivity index (χ2n) is 14.7. The predicted octanol–water partition coefficient (Wildman–Crippen LogP) is 10.0. The average molecular weight is 649 g/mol. The van der Waals surface area contributed by atoms with Gasteiger partial charge in [-0.05, 0) is 135 Å². The van der Waals surface area contributed by atoms with Crippen LogP contribution in [0.15, 0.2) is 49.1 Å². The van der Waals surface area contributed by atoms with Crippen LogP contribution in [0.5, 0.6) is 0 Å². The quantitative estimate of drug-likeness (QED) is 0.162. The first-order valence-electron chi connectivity index (χ1n) is 19.2. The Labute approximate surface area is 290 Å². The third-order valence-electron chi connectivity index (χ3n) is 11.1. The van der Waals surface area contributed by atoms with Gasteiger partial charge in [-0.2, -0.15) is 10.2 Å². The summed E-state index contributed by atoms with van der Waals surface area (Å²) in [6, 6.07) is 11.2. The molecule has 7 rings (SSSR count). The lowest BCUT2D eigenvalue weighted by atomic mass is 9.90. The molecule has 0 radical (unpaired) electrons. The van der Waals surface area contributed by atoms with Crippen molar-refractivity contribution in [3.05, 3.63) is 71.3 Å². The van der Waals surface area contributed by atoms with Gasteiger partial charge in [0.15, 0.2) is 0 Å². The number of aryl methyl sites for hydroxylation is 5. The van der Waals surface area contributed by atoms with Crippen molar-refractivity contribution >= 4 is 11.4 Å². The van der Waals surface area contributed by atoms with Gasteiger partial charge >= 0.3 is 0 Å². The molecule has 2 aliphatic heterocycles. The third-order valence-corrected chi connectivity index (χ3v) is 11.1. The summed E-state index contributed by atoms with van der Waals surface area (Å²) in [5.74, 6) is 0.760. The Morgan fingerprint density at radius 2 is 1.19 bits per heavy atom. The Kier molecular flexibility index (Phi) is 11.0. The molecule has 48 heavy (non-hydrogen) atoms.